The number of ketones is 1. The molecule has 0 bridgehead atoms. The third-order valence-electron chi connectivity index (χ3n) is 6.03. The molecule has 0 saturated carbocycles. The van der Waals surface area contributed by atoms with E-state index in [1.807, 2.05) is 24.3 Å². The first-order valence-corrected chi connectivity index (χ1v) is 9.69. The zero-order chi connectivity index (χ0) is 18.1. The third-order valence-corrected chi connectivity index (χ3v) is 6.03. The van der Waals surface area contributed by atoms with Crippen LogP contribution in [-0.2, 0) is 0 Å². The molecule has 136 valence electrons. The number of rotatable bonds is 3. The average molecular weight is 349 g/mol. The van der Waals surface area contributed by atoms with E-state index in [9.17, 15) is 4.79 Å². The fourth-order valence-electron chi connectivity index (χ4n) is 4.37. The largest absolute Gasteiger partial charge is 0.488 e. The van der Waals surface area contributed by atoms with E-state index in [0.717, 1.165) is 30.9 Å². The van der Waals surface area contributed by atoms with Gasteiger partial charge in [-0.2, -0.15) is 0 Å². The lowest BCUT2D eigenvalue weighted by molar-refractivity contribution is 0.0726. The van der Waals surface area contributed by atoms with Crippen molar-refractivity contribution in [1.29, 1.82) is 0 Å². The van der Waals surface area contributed by atoms with Crippen LogP contribution >= 0.6 is 0 Å². The molecule has 26 heavy (non-hydrogen) atoms. The minimum Gasteiger partial charge on any atom is -0.488 e. The van der Waals surface area contributed by atoms with Crippen molar-refractivity contribution in [2.75, 3.05) is 19.6 Å². The standard InChI is InChI=1S/C23H27NO2/c1-16-6-5-8-20(17(16)2)18-10-12-24(13-11-18)15-19-14-22(25)21-7-3-4-9-23(21)26-19/h3-9,18-19H,10-15H2,1-2H3. The molecule has 2 aromatic rings. The molecule has 2 aliphatic rings. The maximum atomic E-state index is 12.3. The summed E-state index contributed by atoms with van der Waals surface area (Å²) >= 11 is 0. The Bertz CT molecular complexity index is 806. The number of carbonyl (C=O) groups is 1. The van der Waals surface area contributed by atoms with Crippen LogP contribution in [0.5, 0.6) is 5.75 Å². The minimum atomic E-state index is -0.0188. The van der Waals surface area contributed by atoms with Gasteiger partial charge in [-0.15, -0.1) is 0 Å². The van der Waals surface area contributed by atoms with Crippen molar-refractivity contribution in [2.24, 2.45) is 0 Å². The number of aryl methyl sites for hydroxylation is 1. The Morgan fingerprint density at radius 2 is 1.81 bits per heavy atom. The van der Waals surface area contributed by atoms with Crippen LogP contribution < -0.4 is 4.74 Å². The molecular formula is C23H27NO2. The van der Waals surface area contributed by atoms with Crippen molar-refractivity contribution in [3.8, 4) is 5.75 Å². The molecule has 1 saturated heterocycles. The van der Waals surface area contributed by atoms with Crippen molar-refractivity contribution < 1.29 is 9.53 Å². The highest BCUT2D eigenvalue weighted by Gasteiger charge is 2.29. The van der Waals surface area contributed by atoms with Crippen molar-refractivity contribution >= 4 is 5.78 Å². The molecular weight excluding hydrogens is 322 g/mol. The van der Waals surface area contributed by atoms with Gasteiger partial charge < -0.3 is 4.74 Å². The van der Waals surface area contributed by atoms with Crippen LogP contribution in [0.25, 0.3) is 0 Å². The summed E-state index contributed by atoms with van der Waals surface area (Å²) in [5, 5.41) is 0. The second-order valence-electron chi connectivity index (χ2n) is 7.73. The van der Waals surface area contributed by atoms with E-state index in [1.54, 1.807) is 0 Å². The molecule has 1 unspecified atom stereocenters. The van der Waals surface area contributed by atoms with Gasteiger partial charge in [-0.05, 0) is 74.5 Å². The lowest BCUT2D eigenvalue weighted by Gasteiger charge is -2.36. The Balaban J connectivity index is 1.36. The van der Waals surface area contributed by atoms with Crippen molar-refractivity contribution in [3.63, 3.8) is 0 Å². The summed E-state index contributed by atoms with van der Waals surface area (Å²) in [4.78, 5) is 14.8. The molecule has 0 spiro atoms. The topological polar surface area (TPSA) is 29.5 Å². The zero-order valence-corrected chi connectivity index (χ0v) is 15.7. The van der Waals surface area contributed by atoms with Gasteiger partial charge in [0.25, 0.3) is 0 Å². The molecule has 2 aliphatic heterocycles. The number of ether oxygens (including phenoxy) is 1. The number of hydrogen-bond acceptors (Lipinski definition) is 3. The molecule has 4 rings (SSSR count). The van der Waals surface area contributed by atoms with E-state index in [0.29, 0.717) is 12.3 Å². The summed E-state index contributed by atoms with van der Waals surface area (Å²) in [6, 6.07) is 14.3. The lowest BCUT2D eigenvalue weighted by Crippen LogP contribution is -2.42. The molecule has 1 atom stereocenters. The van der Waals surface area contributed by atoms with Gasteiger partial charge in [-0.1, -0.05) is 30.3 Å². The highest BCUT2D eigenvalue weighted by atomic mass is 16.5. The molecule has 0 N–H and O–H groups in total. The highest BCUT2D eigenvalue weighted by Crippen LogP contribution is 2.32. The number of para-hydroxylation sites is 1. The predicted octanol–water partition coefficient (Wildman–Crippen LogP) is 4.52. The fraction of sp³-hybridized carbons (Fsp3) is 0.435. The summed E-state index contributed by atoms with van der Waals surface area (Å²) in [7, 11) is 0. The number of likely N-dealkylation sites (tertiary alicyclic amines) is 1. The van der Waals surface area contributed by atoms with Crippen molar-refractivity contribution in [1.82, 2.24) is 4.90 Å². The van der Waals surface area contributed by atoms with Crippen LogP contribution in [0.2, 0.25) is 0 Å². The van der Waals surface area contributed by atoms with Crippen LogP contribution in [-0.4, -0.2) is 36.4 Å². The van der Waals surface area contributed by atoms with E-state index in [2.05, 4.69) is 36.9 Å². The van der Waals surface area contributed by atoms with Gasteiger partial charge in [0.15, 0.2) is 5.78 Å². The third kappa shape index (κ3) is 3.41. The van der Waals surface area contributed by atoms with Crippen LogP contribution in [0, 0.1) is 13.8 Å². The summed E-state index contributed by atoms with van der Waals surface area (Å²) in [6.07, 6.45) is 2.84. The molecule has 0 aromatic heterocycles. The van der Waals surface area contributed by atoms with E-state index < -0.39 is 0 Å². The molecule has 1 fully saturated rings. The average Bonchev–Trinajstić information content (AvgIpc) is 2.65. The van der Waals surface area contributed by atoms with E-state index in [1.165, 1.54) is 29.5 Å². The summed E-state index contributed by atoms with van der Waals surface area (Å²) in [6.45, 7) is 7.44. The second kappa shape index (κ2) is 7.24. The lowest BCUT2D eigenvalue weighted by atomic mass is 9.85. The maximum absolute atomic E-state index is 12.3. The van der Waals surface area contributed by atoms with Gasteiger partial charge in [0.05, 0.1) is 5.56 Å². The molecule has 2 heterocycles. The molecule has 2 aromatic carbocycles. The van der Waals surface area contributed by atoms with Crippen LogP contribution in [0.4, 0.5) is 0 Å². The predicted molar refractivity (Wildman–Crippen MR) is 104 cm³/mol. The normalized spacial score (nSPS) is 21.3. The van der Waals surface area contributed by atoms with Gasteiger partial charge in [0.1, 0.15) is 11.9 Å². The minimum absolute atomic E-state index is 0.0188. The first-order valence-electron chi connectivity index (χ1n) is 9.69. The number of hydrogen-bond donors (Lipinski definition) is 0. The smallest absolute Gasteiger partial charge is 0.170 e. The van der Waals surface area contributed by atoms with Crippen molar-refractivity contribution in [2.45, 2.75) is 45.1 Å². The van der Waals surface area contributed by atoms with E-state index in [-0.39, 0.29) is 11.9 Å². The summed E-state index contributed by atoms with van der Waals surface area (Å²) < 4.78 is 6.09. The van der Waals surface area contributed by atoms with E-state index in [4.69, 9.17) is 4.74 Å². The van der Waals surface area contributed by atoms with Gasteiger partial charge in [0, 0.05) is 13.0 Å². The number of fused-ring (bicyclic) bond motifs is 1. The number of benzene rings is 2. The quantitative estimate of drug-likeness (QED) is 0.816. The van der Waals surface area contributed by atoms with Crippen LogP contribution in [0.3, 0.4) is 0 Å². The summed E-state index contributed by atoms with van der Waals surface area (Å²) in [5.41, 5.74) is 5.08. The van der Waals surface area contributed by atoms with Gasteiger partial charge >= 0.3 is 0 Å². The Hall–Kier alpha value is -2.13. The van der Waals surface area contributed by atoms with Crippen molar-refractivity contribution in [3.05, 3.63) is 64.7 Å². The number of Topliss-reactive ketones (excluding diaryl/α,β-unsaturated/α-hetero) is 1. The Morgan fingerprint density at radius 1 is 1.04 bits per heavy atom. The number of carbonyl (C=O) groups excluding carboxylic acids is 1. The second-order valence-corrected chi connectivity index (χ2v) is 7.73. The molecule has 3 heteroatoms. The molecule has 0 aliphatic carbocycles. The van der Waals surface area contributed by atoms with Crippen LogP contribution in [0.1, 0.15) is 52.2 Å². The molecule has 0 amide bonds. The highest BCUT2D eigenvalue weighted by molar-refractivity contribution is 5.99. The first-order chi connectivity index (χ1) is 12.6. The Kier molecular flexibility index (Phi) is 4.82. The molecule has 3 nitrogen and oxygen atoms in total. The monoisotopic (exact) mass is 349 g/mol. The number of piperidine rings is 1. The zero-order valence-electron chi connectivity index (χ0n) is 15.7. The maximum Gasteiger partial charge on any atom is 0.170 e. The van der Waals surface area contributed by atoms with Gasteiger partial charge in [-0.3, -0.25) is 9.69 Å². The number of nitrogens with zero attached hydrogens (tertiary/aromatic N) is 1. The summed E-state index contributed by atoms with van der Waals surface area (Å²) in [5.74, 6) is 1.61. The van der Waals surface area contributed by atoms with Gasteiger partial charge in [0.2, 0.25) is 0 Å². The van der Waals surface area contributed by atoms with Crippen LogP contribution in [0.15, 0.2) is 42.5 Å². The Morgan fingerprint density at radius 3 is 2.62 bits per heavy atom. The first kappa shape index (κ1) is 17.3. The Labute approximate surface area is 156 Å². The van der Waals surface area contributed by atoms with E-state index >= 15 is 0 Å². The fourth-order valence-corrected chi connectivity index (χ4v) is 4.37. The molecule has 0 radical (unpaired) electrons. The SMILES string of the molecule is Cc1cccc(C2CCN(CC3CC(=O)c4ccccc4O3)CC2)c1C. The van der Waals surface area contributed by atoms with Gasteiger partial charge in [-0.25, -0.2) is 0 Å².